The van der Waals surface area contributed by atoms with Crippen LogP contribution in [0.3, 0.4) is 0 Å². The second-order valence-corrected chi connectivity index (χ2v) is 2.98. The normalized spacial score (nSPS) is 6.67. The van der Waals surface area contributed by atoms with E-state index in [9.17, 15) is 0 Å². The molecule has 0 aromatic rings. The standard InChI is InChI=1S/C6H14S.BH3O2.K.H2O.H/c1-3-5-7-6-4-2;2-1-3;;;/h3-6H2,1-2H3;1-3H;;1H2;. The van der Waals surface area contributed by atoms with Crippen molar-refractivity contribution in [2.45, 2.75) is 26.7 Å². The van der Waals surface area contributed by atoms with Gasteiger partial charge in [-0.1, -0.05) is 13.8 Å². The molecule has 0 unspecified atom stereocenters. The van der Waals surface area contributed by atoms with Crippen LogP contribution in [0.2, 0.25) is 0 Å². The minimum atomic E-state index is -0.750. The quantitative estimate of drug-likeness (QED) is 0.488. The van der Waals surface area contributed by atoms with Crippen molar-refractivity contribution in [2.24, 2.45) is 0 Å². The summed E-state index contributed by atoms with van der Waals surface area (Å²) in [5.74, 6) is 2.68. The first-order valence-electron chi connectivity index (χ1n) is 3.62. The molecule has 0 aliphatic rings. The molecule has 0 spiro atoms. The van der Waals surface area contributed by atoms with Crippen LogP contribution in [0.4, 0.5) is 0 Å². The van der Waals surface area contributed by atoms with Gasteiger partial charge in [-0.05, 0) is 24.3 Å². The summed E-state index contributed by atoms with van der Waals surface area (Å²) in [7, 11) is -0.750. The van der Waals surface area contributed by atoms with Gasteiger partial charge in [-0.25, -0.2) is 0 Å². The summed E-state index contributed by atoms with van der Waals surface area (Å²) in [6.07, 6.45) is 2.65. The first-order valence-corrected chi connectivity index (χ1v) is 4.78. The van der Waals surface area contributed by atoms with Crippen LogP contribution in [0.1, 0.15) is 26.7 Å². The molecule has 0 rings (SSSR count). The molecule has 3 nitrogen and oxygen atoms in total. The molecule has 0 fully saturated rings. The molecule has 0 saturated heterocycles. The van der Waals surface area contributed by atoms with Gasteiger partial charge in [0.1, 0.15) is 0 Å². The molecule has 0 atom stereocenters. The Kier molecular flexibility index (Phi) is 57.6. The van der Waals surface area contributed by atoms with Gasteiger partial charge < -0.3 is 15.5 Å². The zero-order chi connectivity index (χ0) is 8.24. The van der Waals surface area contributed by atoms with Crippen molar-refractivity contribution < 1.29 is 15.5 Å². The molecule has 0 amide bonds. The Balaban J connectivity index is -0.0000000569. The summed E-state index contributed by atoms with van der Waals surface area (Å²) in [5, 5.41) is 14.2. The van der Waals surface area contributed by atoms with E-state index in [2.05, 4.69) is 25.6 Å². The Bertz CT molecular complexity index is 49.8. The van der Waals surface area contributed by atoms with Gasteiger partial charge in [0.05, 0.1) is 0 Å². The van der Waals surface area contributed by atoms with E-state index in [1.54, 1.807) is 0 Å². The summed E-state index contributed by atoms with van der Waals surface area (Å²) in [4.78, 5) is 0. The first kappa shape index (κ1) is 23.6. The van der Waals surface area contributed by atoms with Gasteiger partial charge in [-0.15, -0.1) is 0 Å². The summed E-state index contributed by atoms with van der Waals surface area (Å²) < 4.78 is 0. The molecule has 0 aliphatic heterocycles. The SMILES string of the molecule is CCCSCCC.O.OBO.[KH]. The van der Waals surface area contributed by atoms with Gasteiger partial charge in [0.25, 0.3) is 0 Å². The number of rotatable bonds is 4. The average Bonchev–Trinajstić information content (AvgIpc) is 1.91. The third-order valence-corrected chi connectivity index (χ3v) is 2.09. The summed E-state index contributed by atoms with van der Waals surface area (Å²) in [6.45, 7) is 4.45. The molecule has 72 valence electrons. The molecule has 0 aromatic carbocycles. The van der Waals surface area contributed by atoms with Crippen LogP contribution in [0.5, 0.6) is 0 Å². The van der Waals surface area contributed by atoms with Crippen molar-refractivity contribution in [3.05, 3.63) is 0 Å². The Labute approximate surface area is 123 Å². The van der Waals surface area contributed by atoms with Gasteiger partial charge in [0.15, 0.2) is 0 Å². The number of hydrogen-bond donors (Lipinski definition) is 2. The molecule has 4 N–H and O–H groups in total. The predicted molar refractivity (Wildman–Crippen MR) is 60.3 cm³/mol. The Morgan fingerprint density at radius 3 is 1.50 bits per heavy atom. The van der Waals surface area contributed by atoms with Gasteiger partial charge in [0.2, 0.25) is 0 Å². The molecular weight excluding hydrogens is 202 g/mol. The molecule has 12 heavy (non-hydrogen) atoms. The van der Waals surface area contributed by atoms with Crippen LogP contribution >= 0.6 is 11.8 Å². The van der Waals surface area contributed by atoms with Crippen LogP contribution in [-0.2, 0) is 0 Å². The van der Waals surface area contributed by atoms with E-state index < -0.39 is 7.69 Å². The number of hydrogen-bond acceptors (Lipinski definition) is 3. The molecular formula is C6H20BKO3S. The van der Waals surface area contributed by atoms with E-state index >= 15 is 0 Å². The maximum absolute atomic E-state index is 7.12. The van der Waals surface area contributed by atoms with Crippen LogP contribution in [0.15, 0.2) is 0 Å². The van der Waals surface area contributed by atoms with Crippen molar-refractivity contribution >= 4 is 70.8 Å². The maximum atomic E-state index is 7.12. The van der Waals surface area contributed by atoms with Crippen LogP contribution < -0.4 is 0 Å². The number of thioether (sulfide) groups is 1. The van der Waals surface area contributed by atoms with Crippen molar-refractivity contribution in [2.75, 3.05) is 11.5 Å². The van der Waals surface area contributed by atoms with Crippen LogP contribution in [0, 0.1) is 0 Å². The Hall–Kier alpha value is 1.93. The van der Waals surface area contributed by atoms with Gasteiger partial charge in [-0.3, -0.25) is 0 Å². The van der Waals surface area contributed by atoms with Crippen molar-refractivity contribution in [3.63, 3.8) is 0 Å². The van der Waals surface area contributed by atoms with Crippen molar-refractivity contribution in [1.82, 2.24) is 0 Å². The van der Waals surface area contributed by atoms with Gasteiger partial charge in [-0.2, -0.15) is 11.8 Å². The zero-order valence-electron chi connectivity index (χ0n) is 7.34. The summed E-state index contributed by atoms with van der Waals surface area (Å²) in [5.41, 5.74) is 0. The molecule has 0 saturated carbocycles. The zero-order valence-corrected chi connectivity index (χ0v) is 8.15. The fourth-order valence-electron chi connectivity index (χ4n) is 0.391. The van der Waals surface area contributed by atoms with Crippen LogP contribution in [0.25, 0.3) is 0 Å². The van der Waals surface area contributed by atoms with Crippen molar-refractivity contribution in [3.8, 4) is 0 Å². The predicted octanol–water partition coefficient (Wildman–Crippen LogP) is -0.696. The third kappa shape index (κ3) is 40.5. The molecule has 0 bridgehead atoms. The second kappa shape index (κ2) is 29.3. The summed E-state index contributed by atoms with van der Waals surface area (Å²) >= 11 is 2.05. The minimum absolute atomic E-state index is 0. The van der Waals surface area contributed by atoms with Gasteiger partial charge >= 0.3 is 59.1 Å². The van der Waals surface area contributed by atoms with E-state index in [4.69, 9.17) is 10.0 Å². The van der Waals surface area contributed by atoms with E-state index in [1.165, 1.54) is 24.3 Å². The molecule has 0 radical (unpaired) electrons. The Morgan fingerprint density at radius 1 is 1.08 bits per heavy atom. The second-order valence-electron chi connectivity index (χ2n) is 1.75. The van der Waals surface area contributed by atoms with Crippen molar-refractivity contribution in [1.29, 1.82) is 0 Å². The third-order valence-electron chi connectivity index (χ3n) is 0.697. The fourth-order valence-corrected chi connectivity index (χ4v) is 1.17. The molecule has 0 heterocycles. The Morgan fingerprint density at radius 2 is 1.33 bits per heavy atom. The summed E-state index contributed by atoms with van der Waals surface area (Å²) in [6, 6.07) is 0. The van der Waals surface area contributed by atoms with E-state index in [0.717, 1.165) is 0 Å². The van der Waals surface area contributed by atoms with E-state index in [-0.39, 0.29) is 56.9 Å². The monoisotopic (exact) mass is 222 g/mol. The fraction of sp³-hybridized carbons (Fsp3) is 1.00. The van der Waals surface area contributed by atoms with E-state index in [0.29, 0.717) is 0 Å². The van der Waals surface area contributed by atoms with Crippen LogP contribution in [-0.4, -0.2) is 86.1 Å². The topological polar surface area (TPSA) is 72.0 Å². The molecule has 0 aliphatic carbocycles. The molecule has 6 heteroatoms. The average molecular weight is 222 g/mol. The van der Waals surface area contributed by atoms with Gasteiger partial charge in [0, 0.05) is 0 Å². The van der Waals surface area contributed by atoms with E-state index in [1.807, 2.05) is 0 Å². The molecule has 0 aromatic heterocycles. The first-order chi connectivity index (χ1) is 4.83.